The Morgan fingerprint density at radius 2 is 2.00 bits per heavy atom. The molecule has 1 aliphatic carbocycles. The smallest absolute Gasteiger partial charge is 0.291 e. The number of nitrogens with two attached hydrogens (primary N) is 1. The second-order valence-corrected chi connectivity index (χ2v) is 7.24. The summed E-state index contributed by atoms with van der Waals surface area (Å²) >= 11 is 0. The van der Waals surface area contributed by atoms with Crippen LogP contribution in [0, 0.1) is 16.0 Å². The first-order valence-electron chi connectivity index (χ1n) is 6.21. The molecule has 0 aliphatic heterocycles. The zero-order valence-corrected chi connectivity index (χ0v) is 12.1. The van der Waals surface area contributed by atoms with Gasteiger partial charge in [0.2, 0.25) is 10.0 Å². The van der Waals surface area contributed by atoms with Gasteiger partial charge < -0.3 is 5.73 Å². The number of nitro groups is 1. The first-order valence-corrected chi connectivity index (χ1v) is 7.70. The van der Waals surface area contributed by atoms with Gasteiger partial charge in [-0.25, -0.2) is 13.1 Å². The maximum absolute atomic E-state index is 12.4. The van der Waals surface area contributed by atoms with Crippen LogP contribution in [-0.4, -0.2) is 18.9 Å². The minimum Gasteiger partial charge on any atom is -0.399 e. The molecule has 1 aromatic rings. The fourth-order valence-electron chi connectivity index (χ4n) is 2.19. The number of hydrogen-bond donors (Lipinski definition) is 2. The minimum atomic E-state index is -3.96. The van der Waals surface area contributed by atoms with Gasteiger partial charge in [-0.3, -0.25) is 10.1 Å². The summed E-state index contributed by atoms with van der Waals surface area (Å²) in [6.45, 7) is 3.57. The molecule has 0 atom stereocenters. The van der Waals surface area contributed by atoms with Crippen molar-refractivity contribution in [3.8, 4) is 0 Å². The van der Waals surface area contributed by atoms with E-state index in [1.54, 1.807) is 13.8 Å². The van der Waals surface area contributed by atoms with E-state index in [1.165, 1.54) is 12.1 Å². The van der Waals surface area contributed by atoms with Crippen molar-refractivity contribution in [1.29, 1.82) is 0 Å². The maximum atomic E-state index is 12.4. The predicted octanol–water partition coefficient (Wildman–Crippen LogP) is 1.64. The van der Waals surface area contributed by atoms with Crippen LogP contribution in [0.1, 0.15) is 26.7 Å². The number of sulfonamides is 1. The predicted molar refractivity (Wildman–Crippen MR) is 74.6 cm³/mol. The Balaban J connectivity index is 2.41. The highest BCUT2D eigenvalue weighted by Gasteiger charge is 2.41. The molecule has 20 heavy (non-hydrogen) atoms. The van der Waals surface area contributed by atoms with Crippen molar-refractivity contribution in [1.82, 2.24) is 4.72 Å². The molecule has 0 bridgehead atoms. The van der Waals surface area contributed by atoms with Crippen molar-refractivity contribution in [3.05, 3.63) is 28.3 Å². The van der Waals surface area contributed by atoms with Crippen LogP contribution in [0.3, 0.4) is 0 Å². The highest BCUT2D eigenvalue weighted by atomic mass is 32.2. The van der Waals surface area contributed by atoms with Crippen molar-refractivity contribution in [2.24, 2.45) is 5.92 Å². The molecule has 1 saturated carbocycles. The van der Waals surface area contributed by atoms with Gasteiger partial charge in [0.15, 0.2) is 4.90 Å². The van der Waals surface area contributed by atoms with Crippen molar-refractivity contribution < 1.29 is 13.3 Å². The van der Waals surface area contributed by atoms with Crippen LogP contribution < -0.4 is 10.5 Å². The molecule has 1 aromatic carbocycles. The molecule has 0 amide bonds. The van der Waals surface area contributed by atoms with Gasteiger partial charge in [-0.1, -0.05) is 0 Å². The molecule has 0 radical (unpaired) electrons. The SMILES string of the molecule is CC(C)(NS(=O)(=O)c1ccc(N)cc1[N+](=O)[O-])C1CC1. The van der Waals surface area contributed by atoms with Crippen LogP contribution in [0.2, 0.25) is 0 Å². The molecule has 0 unspecified atom stereocenters. The van der Waals surface area contributed by atoms with E-state index in [2.05, 4.69) is 4.72 Å². The minimum absolute atomic E-state index is 0.150. The van der Waals surface area contributed by atoms with Crippen LogP contribution >= 0.6 is 0 Å². The summed E-state index contributed by atoms with van der Waals surface area (Å²) in [6, 6.07) is 3.56. The van der Waals surface area contributed by atoms with Gasteiger partial charge in [0.25, 0.3) is 5.69 Å². The molecule has 0 heterocycles. The summed E-state index contributed by atoms with van der Waals surface area (Å²) < 4.78 is 27.3. The molecular weight excluding hydrogens is 282 g/mol. The van der Waals surface area contributed by atoms with E-state index >= 15 is 0 Å². The van der Waals surface area contributed by atoms with Crippen LogP contribution in [0.4, 0.5) is 11.4 Å². The first kappa shape index (κ1) is 14.7. The van der Waals surface area contributed by atoms with Gasteiger partial charge in [-0.15, -0.1) is 0 Å². The normalized spacial score (nSPS) is 16.1. The van der Waals surface area contributed by atoms with Crippen LogP contribution in [0.15, 0.2) is 23.1 Å². The summed E-state index contributed by atoms with van der Waals surface area (Å²) in [5.74, 6) is 0.269. The van der Waals surface area contributed by atoms with Crippen molar-refractivity contribution in [3.63, 3.8) is 0 Å². The van der Waals surface area contributed by atoms with E-state index in [0.717, 1.165) is 18.9 Å². The number of nitro benzene ring substituents is 1. The Morgan fingerprint density at radius 1 is 1.40 bits per heavy atom. The third-order valence-corrected chi connectivity index (χ3v) is 5.18. The second-order valence-electron chi connectivity index (χ2n) is 5.59. The number of rotatable bonds is 5. The summed E-state index contributed by atoms with van der Waals surface area (Å²) in [7, 11) is -3.96. The van der Waals surface area contributed by atoms with E-state index in [1.807, 2.05) is 0 Å². The third-order valence-electron chi connectivity index (χ3n) is 3.46. The Morgan fingerprint density at radius 3 is 2.50 bits per heavy atom. The molecule has 0 saturated heterocycles. The molecule has 0 spiro atoms. The lowest BCUT2D eigenvalue weighted by molar-refractivity contribution is -0.387. The van der Waals surface area contributed by atoms with Crippen molar-refractivity contribution in [2.75, 3.05) is 5.73 Å². The zero-order chi connectivity index (χ0) is 15.1. The zero-order valence-electron chi connectivity index (χ0n) is 11.3. The number of nitrogens with zero attached hydrogens (tertiary/aromatic N) is 1. The quantitative estimate of drug-likeness (QED) is 0.487. The number of benzene rings is 1. The number of hydrogen-bond acceptors (Lipinski definition) is 5. The van der Waals surface area contributed by atoms with E-state index in [-0.39, 0.29) is 16.5 Å². The highest BCUT2D eigenvalue weighted by molar-refractivity contribution is 7.89. The van der Waals surface area contributed by atoms with E-state index in [9.17, 15) is 18.5 Å². The van der Waals surface area contributed by atoms with Gasteiger partial charge in [-0.05, 0) is 44.7 Å². The van der Waals surface area contributed by atoms with Gasteiger partial charge in [-0.2, -0.15) is 0 Å². The molecule has 2 rings (SSSR count). The summed E-state index contributed by atoms with van der Waals surface area (Å²) in [4.78, 5) is 9.89. The van der Waals surface area contributed by atoms with Crippen LogP contribution in [-0.2, 0) is 10.0 Å². The maximum Gasteiger partial charge on any atom is 0.291 e. The Kier molecular flexibility index (Phi) is 3.47. The Bertz CT molecular complexity index is 651. The van der Waals surface area contributed by atoms with Crippen LogP contribution in [0.25, 0.3) is 0 Å². The second kappa shape index (κ2) is 4.71. The summed E-state index contributed by atoms with van der Waals surface area (Å²) in [5, 5.41) is 11.0. The van der Waals surface area contributed by atoms with E-state index in [0.29, 0.717) is 0 Å². The Hall–Kier alpha value is -1.67. The molecule has 8 heteroatoms. The molecule has 1 aliphatic rings. The lowest BCUT2D eigenvalue weighted by Gasteiger charge is -2.25. The fraction of sp³-hybridized carbons (Fsp3) is 0.500. The van der Waals surface area contributed by atoms with Gasteiger partial charge in [0.05, 0.1) is 4.92 Å². The third kappa shape index (κ3) is 2.91. The molecular formula is C12H17N3O4S. The lowest BCUT2D eigenvalue weighted by atomic mass is 10.0. The van der Waals surface area contributed by atoms with Gasteiger partial charge in [0.1, 0.15) is 0 Å². The average Bonchev–Trinajstić information content (AvgIpc) is 3.10. The number of nitrogen functional groups attached to an aromatic ring is 1. The van der Waals surface area contributed by atoms with Gasteiger partial charge in [0, 0.05) is 17.3 Å². The largest absolute Gasteiger partial charge is 0.399 e. The summed E-state index contributed by atoms with van der Waals surface area (Å²) in [6.07, 6.45) is 1.92. The molecule has 7 nitrogen and oxygen atoms in total. The topological polar surface area (TPSA) is 115 Å². The van der Waals surface area contributed by atoms with Crippen molar-refractivity contribution >= 4 is 21.4 Å². The first-order chi connectivity index (χ1) is 9.13. The van der Waals surface area contributed by atoms with Gasteiger partial charge >= 0.3 is 0 Å². The van der Waals surface area contributed by atoms with Crippen LogP contribution in [0.5, 0.6) is 0 Å². The standard InChI is InChI=1S/C12H17N3O4S/c1-12(2,8-3-4-8)14-20(18,19)11-6-5-9(13)7-10(11)15(16)17/h5-8,14H,3-4,13H2,1-2H3. The lowest BCUT2D eigenvalue weighted by Crippen LogP contribution is -2.45. The van der Waals surface area contributed by atoms with Crippen molar-refractivity contribution in [2.45, 2.75) is 37.1 Å². The molecule has 0 aromatic heterocycles. The number of anilines is 1. The Labute approximate surface area is 117 Å². The molecule has 3 N–H and O–H groups in total. The number of nitrogens with one attached hydrogen (secondary N) is 1. The monoisotopic (exact) mass is 299 g/mol. The highest BCUT2D eigenvalue weighted by Crippen LogP contribution is 2.40. The average molecular weight is 299 g/mol. The fourth-order valence-corrected chi connectivity index (χ4v) is 3.82. The molecule has 110 valence electrons. The molecule has 1 fully saturated rings. The summed E-state index contributed by atoms with van der Waals surface area (Å²) in [5.41, 5.74) is 4.50. The van der Waals surface area contributed by atoms with E-state index < -0.39 is 26.2 Å². The van der Waals surface area contributed by atoms with E-state index in [4.69, 9.17) is 5.73 Å².